The van der Waals surface area contributed by atoms with Crippen LogP contribution in [0.5, 0.6) is 0 Å². The number of anilines is 1. The van der Waals surface area contributed by atoms with Gasteiger partial charge in [-0.3, -0.25) is 0 Å². The highest BCUT2D eigenvalue weighted by Crippen LogP contribution is 2.31. The summed E-state index contributed by atoms with van der Waals surface area (Å²) in [7, 11) is 0. The molecule has 4 heteroatoms. The molecule has 1 aliphatic heterocycles. The van der Waals surface area contributed by atoms with E-state index in [1.54, 1.807) is 11.3 Å². The summed E-state index contributed by atoms with van der Waals surface area (Å²) in [5.74, 6) is 0. The lowest BCUT2D eigenvalue weighted by Gasteiger charge is -2.33. The third kappa shape index (κ3) is 1.18. The van der Waals surface area contributed by atoms with Gasteiger partial charge < -0.3 is 4.90 Å². The molecular formula is C10H9FN2S. The Balaban J connectivity index is 1.99. The summed E-state index contributed by atoms with van der Waals surface area (Å²) in [6.07, 6.45) is -0.665. The SMILES string of the molecule is FC1CN(c2nc3ccccc3s2)C1. The normalized spacial score (nSPS) is 17.4. The highest BCUT2D eigenvalue weighted by atomic mass is 32.1. The van der Waals surface area contributed by atoms with Crippen molar-refractivity contribution in [3.8, 4) is 0 Å². The van der Waals surface area contributed by atoms with Gasteiger partial charge in [-0.15, -0.1) is 0 Å². The van der Waals surface area contributed by atoms with Crippen molar-refractivity contribution in [3.63, 3.8) is 0 Å². The van der Waals surface area contributed by atoms with Gasteiger partial charge in [0.15, 0.2) is 5.13 Å². The van der Waals surface area contributed by atoms with Crippen LogP contribution in [-0.2, 0) is 0 Å². The number of para-hydroxylation sites is 1. The van der Waals surface area contributed by atoms with Crippen LogP contribution in [0.4, 0.5) is 9.52 Å². The van der Waals surface area contributed by atoms with Crippen LogP contribution >= 0.6 is 11.3 Å². The van der Waals surface area contributed by atoms with Crippen molar-refractivity contribution in [2.24, 2.45) is 0 Å². The molecule has 0 spiro atoms. The molecule has 0 N–H and O–H groups in total. The summed E-state index contributed by atoms with van der Waals surface area (Å²) >= 11 is 1.63. The van der Waals surface area contributed by atoms with Crippen molar-refractivity contribution in [1.82, 2.24) is 4.98 Å². The van der Waals surface area contributed by atoms with Crippen LogP contribution in [0.3, 0.4) is 0 Å². The van der Waals surface area contributed by atoms with Gasteiger partial charge in [0, 0.05) is 0 Å². The van der Waals surface area contributed by atoms with Gasteiger partial charge in [0.05, 0.1) is 23.3 Å². The molecule has 1 aromatic heterocycles. The maximum Gasteiger partial charge on any atom is 0.186 e. The fourth-order valence-corrected chi connectivity index (χ4v) is 2.56. The molecule has 1 aliphatic rings. The molecule has 1 fully saturated rings. The lowest BCUT2D eigenvalue weighted by atomic mass is 10.2. The lowest BCUT2D eigenvalue weighted by molar-refractivity contribution is 0.275. The first-order valence-corrected chi connectivity index (χ1v) is 5.39. The van der Waals surface area contributed by atoms with Crippen molar-refractivity contribution in [3.05, 3.63) is 24.3 Å². The number of aromatic nitrogens is 1. The van der Waals surface area contributed by atoms with Crippen molar-refractivity contribution < 1.29 is 4.39 Å². The summed E-state index contributed by atoms with van der Waals surface area (Å²) in [5.41, 5.74) is 1.01. The lowest BCUT2D eigenvalue weighted by Crippen LogP contribution is -2.48. The molecule has 0 aliphatic carbocycles. The minimum absolute atomic E-state index is 0.500. The summed E-state index contributed by atoms with van der Waals surface area (Å²) in [6, 6.07) is 8.00. The fraction of sp³-hybridized carbons (Fsp3) is 0.300. The number of fused-ring (bicyclic) bond motifs is 1. The second kappa shape index (κ2) is 2.92. The molecule has 0 bridgehead atoms. The predicted octanol–water partition coefficient (Wildman–Crippen LogP) is 2.45. The van der Waals surface area contributed by atoms with Gasteiger partial charge in [-0.1, -0.05) is 23.5 Å². The van der Waals surface area contributed by atoms with Gasteiger partial charge in [0.2, 0.25) is 0 Å². The molecule has 2 aromatic rings. The zero-order valence-corrected chi connectivity index (χ0v) is 8.30. The third-order valence-corrected chi connectivity index (χ3v) is 3.49. The van der Waals surface area contributed by atoms with Crippen molar-refractivity contribution in [1.29, 1.82) is 0 Å². The average Bonchev–Trinajstić information content (AvgIpc) is 2.55. The van der Waals surface area contributed by atoms with Crippen LogP contribution in [0, 0.1) is 0 Å². The van der Waals surface area contributed by atoms with Crippen LogP contribution in [0.15, 0.2) is 24.3 Å². The predicted molar refractivity (Wildman–Crippen MR) is 56.7 cm³/mol. The smallest absolute Gasteiger partial charge is 0.186 e. The summed E-state index contributed by atoms with van der Waals surface area (Å²) < 4.78 is 13.8. The molecule has 0 amide bonds. The quantitative estimate of drug-likeness (QED) is 0.715. The number of alkyl halides is 1. The van der Waals surface area contributed by atoms with E-state index < -0.39 is 6.17 Å². The molecule has 1 aromatic carbocycles. The van der Waals surface area contributed by atoms with E-state index in [2.05, 4.69) is 4.98 Å². The Bertz CT molecular complexity index is 429. The van der Waals surface area contributed by atoms with Crippen LogP contribution in [0.2, 0.25) is 0 Å². The molecule has 2 nitrogen and oxygen atoms in total. The highest BCUT2D eigenvalue weighted by Gasteiger charge is 2.28. The first-order valence-electron chi connectivity index (χ1n) is 4.57. The van der Waals surface area contributed by atoms with Gasteiger partial charge in [-0.05, 0) is 12.1 Å². The Morgan fingerprint density at radius 2 is 2.14 bits per heavy atom. The van der Waals surface area contributed by atoms with Crippen LogP contribution < -0.4 is 4.90 Å². The number of nitrogens with zero attached hydrogens (tertiary/aromatic N) is 2. The molecule has 0 atom stereocenters. The highest BCUT2D eigenvalue weighted by molar-refractivity contribution is 7.22. The molecule has 1 saturated heterocycles. The molecule has 0 unspecified atom stereocenters. The monoisotopic (exact) mass is 208 g/mol. The molecule has 14 heavy (non-hydrogen) atoms. The number of halogens is 1. The first kappa shape index (κ1) is 8.17. The van der Waals surface area contributed by atoms with Gasteiger partial charge in [-0.25, -0.2) is 9.37 Å². The Labute approximate surface area is 85.0 Å². The molecular weight excluding hydrogens is 199 g/mol. The molecule has 2 heterocycles. The van der Waals surface area contributed by atoms with E-state index in [-0.39, 0.29) is 0 Å². The van der Waals surface area contributed by atoms with E-state index in [9.17, 15) is 4.39 Å². The van der Waals surface area contributed by atoms with E-state index in [4.69, 9.17) is 0 Å². The van der Waals surface area contributed by atoms with Crippen LogP contribution in [0.25, 0.3) is 10.2 Å². The maximum atomic E-state index is 12.6. The first-order chi connectivity index (χ1) is 6.83. The number of benzene rings is 1. The maximum absolute atomic E-state index is 12.6. The van der Waals surface area contributed by atoms with Crippen molar-refractivity contribution in [2.75, 3.05) is 18.0 Å². The number of thiazole rings is 1. The molecule has 0 saturated carbocycles. The Morgan fingerprint density at radius 3 is 2.86 bits per heavy atom. The average molecular weight is 208 g/mol. The van der Waals surface area contributed by atoms with E-state index in [0.29, 0.717) is 13.1 Å². The van der Waals surface area contributed by atoms with Crippen LogP contribution in [0.1, 0.15) is 0 Å². The number of rotatable bonds is 1. The zero-order valence-electron chi connectivity index (χ0n) is 7.48. The van der Waals surface area contributed by atoms with Crippen molar-refractivity contribution >= 4 is 26.7 Å². The van der Waals surface area contributed by atoms with E-state index in [1.165, 1.54) is 4.70 Å². The van der Waals surface area contributed by atoms with E-state index in [0.717, 1.165) is 10.6 Å². The van der Waals surface area contributed by atoms with Crippen LogP contribution in [-0.4, -0.2) is 24.2 Å². The number of hydrogen-bond donors (Lipinski definition) is 0. The largest absolute Gasteiger partial charge is 0.342 e. The fourth-order valence-electron chi connectivity index (χ4n) is 1.58. The third-order valence-electron chi connectivity index (χ3n) is 2.39. The second-order valence-corrected chi connectivity index (χ2v) is 4.48. The summed E-state index contributed by atoms with van der Waals surface area (Å²) in [4.78, 5) is 6.43. The van der Waals surface area contributed by atoms with Gasteiger partial charge in [0.25, 0.3) is 0 Å². The van der Waals surface area contributed by atoms with Crippen molar-refractivity contribution in [2.45, 2.75) is 6.17 Å². The summed E-state index contributed by atoms with van der Waals surface area (Å²) in [6.45, 7) is 1.000. The molecule has 72 valence electrons. The standard InChI is InChI=1S/C10H9FN2S/c11-7-5-13(6-7)10-12-8-3-1-2-4-9(8)14-10/h1-4,7H,5-6H2. The Morgan fingerprint density at radius 1 is 1.36 bits per heavy atom. The number of hydrogen-bond acceptors (Lipinski definition) is 3. The van der Waals surface area contributed by atoms with Gasteiger partial charge >= 0.3 is 0 Å². The zero-order chi connectivity index (χ0) is 9.54. The Kier molecular flexibility index (Phi) is 1.70. The second-order valence-electron chi connectivity index (χ2n) is 3.47. The molecule has 0 radical (unpaired) electrons. The minimum Gasteiger partial charge on any atom is -0.342 e. The minimum atomic E-state index is -0.665. The van der Waals surface area contributed by atoms with E-state index >= 15 is 0 Å². The Hall–Kier alpha value is -1.16. The molecule has 3 rings (SSSR count). The topological polar surface area (TPSA) is 16.1 Å². The van der Waals surface area contributed by atoms with Gasteiger partial charge in [-0.2, -0.15) is 0 Å². The summed E-state index contributed by atoms with van der Waals surface area (Å²) in [5, 5.41) is 0.945. The van der Waals surface area contributed by atoms with Gasteiger partial charge in [0.1, 0.15) is 6.17 Å². The van der Waals surface area contributed by atoms with E-state index in [1.807, 2.05) is 29.2 Å².